The molecule has 0 bridgehead atoms. The Morgan fingerprint density at radius 2 is 2.00 bits per heavy atom. The third-order valence-electron chi connectivity index (χ3n) is 2.61. The van der Waals surface area contributed by atoms with Gasteiger partial charge in [-0.25, -0.2) is 0 Å². The van der Waals surface area contributed by atoms with Crippen LogP contribution in [0.15, 0.2) is 18.2 Å². The molecule has 0 fully saturated rings. The highest BCUT2D eigenvalue weighted by Crippen LogP contribution is 2.36. The summed E-state index contributed by atoms with van der Waals surface area (Å²) in [4.78, 5) is 1.32. The van der Waals surface area contributed by atoms with Crippen LogP contribution in [0, 0.1) is 0 Å². The first-order chi connectivity index (χ1) is 6.77. The summed E-state index contributed by atoms with van der Waals surface area (Å²) in [6, 6.07) is 6.42. The standard InChI is InChI=1S/C12H15NS/c1-3-8-6-5-7-9-11(13)10(4-2)14-12(8)9/h5-7H,3-4,13H2,1-2H3. The highest BCUT2D eigenvalue weighted by Gasteiger charge is 2.09. The van der Waals surface area contributed by atoms with Gasteiger partial charge in [0.2, 0.25) is 0 Å². The third kappa shape index (κ3) is 1.30. The number of nitrogen functional groups attached to an aromatic ring is 1. The lowest BCUT2D eigenvalue weighted by molar-refractivity contribution is 1.16. The fraction of sp³-hybridized carbons (Fsp3) is 0.333. The van der Waals surface area contributed by atoms with Gasteiger partial charge in [-0.2, -0.15) is 0 Å². The van der Waals surface area contributed by atoms with E-state index in [9.17, 15) is 0 Å². The number of aryl methyl sites for hydroxylation is 2. The lowest BCUT2D eigenvalue weighted by Crippen LogP contribution is -1.86. The van der Waals surface area contributed by atoms with E-state index in [0.29, 0.717) is 0 Å². The maximum Gasteiger partial charge on any atom is 0.0535 e. The minimum atomic E-state index is 0.989. The van der Waals surface area contributed by atoms with Crippen LogP contribution in [0.2, 0.25) is 0 Å². The zero-order chi connectivity index (χ0) is 10.1. The van der Waals surface area contributed by atoms with Crippen molar-refractivity contribution in [1.82, 2.24) is 0 Å². The first kappa shape index (κ1) is 9.53. The third-order valence-corrected chi connectivity index (χ3v) is 4.06. The van der Waals surface area contributed by atoms with Crippen LogP contribution in [-0.4, -0.2) is 0 Å². The van der Waals surface area contributed by atoms with Crippen molar-refractivity contribution in [3.63, 3.8) is 0 Å². The summed E-state index contributed by atoms with van der Waals surface area (Å²) in [6.45, 7) is 4.35. The van der Waals surface area contributed by atoms with Crippen molar-refractivity contribution < 1.29 is 0 Å². The van der Waals surface area contributed by atoms with Gasteiger partial charge in [0.05, 0.1) is 5.69 Å². The van der Waals surface area contributed by atoms with Crippen LogP contribution in [0.1, 0.15) is 24.3 Å². The number of nitrogens with two attached hydrogens (primary N) is 1. The van der Waals surface area contributed by atoms with Crippen LogP contribution < -0.4 is 5.73 Å². The van der Waals surface area contributed by atoms with Crippen LogP contribution >= 0.6 is 11.3 Å². The van der Waals surface area contributed by atoms with E-state index in [4.69, 9.17) is 5.73 Å². The first-order valence-electron chi connectivity index (χ1n) is 5.06. The second kappa shape index (κ2) is 3.62. The highest BCUT2D eigenvalue weighted by atomic mass is 32.1. The summed E-state index contributed by atoms with van der Waals surface area (Å²) in [6.07, 6.45) is 2.12. The molecule has 0 radical (unpaired) electrons. The minimum absolute atomic E-state index is 0.989. The van der Waals surface area contributed by atoms with E-state index < -0.39 is 0 Å². The Bertz CT molecular complexity index is 457. The second-order valence-corrected chi connectivity index (χ2v) is 4.55. The average molecular weight is 205 g/mol. The fourth-order valence-electron chi connectivity index (χ4n) is 1.79. The molecule has 1 aromatic heterocycles. The molecule has 0 aliphatic carbocycles. The van der Waals surface area contributed by atoms with Gasteiger partial charge < -0.3 is 5.73 Å². The van der Waals surface area contributed by atoms with Crippen LogP contribution in [0.3, 0.4) is 0 Å². The summed E-state index contributed by atoms with van der Waals surface area (Å²) < 4.78 is 1.38. The predicted molar refractivity (Wildman–Crippen MR) is 65.0 cm³/mol. The number of benzene rings is 1. The van der Waals surface area contributed by atoms with Gasteiger partial charge in [-0.15, -0.1) is 11.3 Å². The summed E-state index contributed by atoms with van der Waals surface area (Å²) in [5.74, 6) is 0. The van der Waals surface area contributed by atoms with E-state index in [1.165, 1.54) is 20.5 Å². The number of hydrogen-bond acceptors (Lipinski definition) is 2. The van der Waals surface area contributed by atoms with Crippen LogP contribution in [0.4, 0.5) is 5.69 Å². The van der Waals surface area contributed by atoms with Gasteiger partial charge >= 0.3 is 0 Å². The molecule has 0 aliphatic rings. The van der Waals surface area contributed by atoms with Gasteiger partial charge in [0, 0.05) is 15.0 Å². The van der Waals surface area contributed by atoms with Crippen molar-refractivity contribution in [2.24, 2.45) is 0 Å². The zero-order valence-corrected chi connectivity index (χ0v) is 9.45. The lowest BCUT2D eigenvalue weighted by Gasteiger charge is -1.97. The Hall–Kier alpha value is -1.02. The Kier molecular flexibility index (Phi) is 2.46. The molecule has 0 saturated carbocycles. The Morgan fingerprint density at radius 1 is 1.21 bits per heavy atom. The number of anilines is 1. The van der Waals surface area contributed by atoms with Crippen molar-refractivity contribution in [2.45, 2.75) is 26.7 Å². The smallest absolute Gasteiger partial charge is 0.0535 e. The summed E-state index contributed by atoms with van der Waals surface area (Å²) in [5, 5.41) is 1.24. The molecule has 1 heterocycles. The van der Waals surface area contributed by atoms with E-state index in [-0.39, 0.29) is 0 Å². The first-order valence-corrected chi connectivity index (χ1v) is 5.88. The van der Waals surface area contributed by atoms with Crippen molar-refractivity contribution in [3.8, 4) is 0 Å². The van der Waals surface area contributed by atoms with Gasteiger partial charge in [0.25, 0.3) is 0 Å². The molecule has 1 nitrogen and oxygen atoms in total. The second-order valence-electron chi connectivity index (χ2n) is 3.44. The van der Waals surface area contributed by atoms with Crippen LogP contribution in [-0.2, 0) is 12.8 Å². The zero-order valence-electron chi connectivity index (χ0n) is 8.63. The van der Waals surface area contributed by atoms with E-state index in [1.54, 1.807) is 0 Å². The number of rotatable bonds is 2. The molecule has 14 heavy (non-hydrogen) atoms. The molecule has 2 heteroatoms. The molecule has 0 aliphatic heterocycles. The number of hydrogen-bond donors (Lipinski definition) is 1. The SMILES string of the molecule is CCc1sc2c(CC)cccc2c1N. The lowest BCUT2D eigenvalue weighted by atomic mass is 10.1. The maximum atomic E-state index is 6.08. The highest BCUT2D eigenvalue weighted by molar-refractivity contribution is 7.20. The summed E-state index contributed by atoms with van der Waals surface area (Å²) in [5.41, 5.74) is 8.49. The topological polar surface area (TPSA) is 26.0 Å². The maximum absolute atomic E-state index is 6.08. The van der Waals surface area contributed by atoms with Crippen molar-refractivity contribution in [1.29, 1.82) is 0 Å². The van der Waals surface area contributed by atoms with E-state index in [1.807, 2.05) is 11.3 Å². The molecule has 1 aromatic carbocycles. The van der Waals surface area contributed by atoms with E-state index in [0.717, 1.165) is 18.5 Å². The predicted octanol–water partition coefficient (Wildman–Crippen LogP) is 3.61. The van der Waals surface area contributed by atoms with Crippen molar-refractivity contribution in [2.75, 3.05) is 5.73 Å². The van der Waals surface area contributed by atoms with Crippen LogP contribution in [0.25, 0.3) is 10.1 Å². The molecule has 0 amide bonds. The molecule has 2 aromatic rings. The summed E-state index contributed by atoms with van der Waals surface area (Å²) >= 11 is 1.85. The summed E-state index contributed by atoms with van der Waals surface area (Å²) in [7, 11) is 0. The van der Waals surface area contributed by atoms with Crippen LogP contribution in [0.5, 0.6) is 0 Å². The monoisotopic (exact) mass is 205 g/mol. The number of fused-ring (bicyclic) bond motifs is 1. The van der Waals surface area contributed by atoms with Gasteiger partial charge in [-0.3, -0.25) is 0 Å². The molecular formula is C12H15NS. The molecule has 0 unspecified atom stereocenters. The quantitative estimate of drug-likeness (QED) is 0.796. The molecule has 0 atom stereocenters. The van der Waals surface area contributed by atoms with Gasteiger partial charge in [0.15, 0.2) is 0 Å². The van der Waals surface area contributed by atoms with Crippen molar-refractivity contribution in [3.05, 3.63) is 28.6 Å². The molecule has 0 spiro atoms. The van der Waals surface area contributed by atoms with E-state index in [2.05, 4.69) is 32.0 Å². The minimum Gasteiger partial charge on any atom is -0.397 e. The largest absolute Gasteiger partial charge is 0.397 e. The average Bonchev–Trinajstić information content (AvgIpc) is 2.55. The van der Waals surface area contributed by atoms with Gasteiger partial charge in [-0.05, 0) is 18.4 Å². The van der Waals surface area contributed by atoms with Gasteiger partial charge in [-0.1, -0.05) is 32.0 Å². The van der Waals surface area contributed by atoms with Gasteiger partial charge in [0.1, 0.15) is 0 Å². The molecule has 2 N–H and O–H groups in total. The Morgan fingerprint density at radius 3 is 2.64 bits per heavy atom. The van der Waals surface area contributed by atoms with Crippen molar-refractivity contribution >= 4 is 27.1 Å². The number of thiophene rings is 1. The molecule has 0 saturated heterocycles. The Balaban J connectivity index is 2.77. The fourth-order valence-corrected chi connectivity index (χ4v) is 3.03. The molecular weight excluding hydrogens is 190 g/mol. The molecule has 2 rings (SSSR count). The Labute approximate surface area is 88.6 Å². The normalized spacial score (nSPS) is 11.0. The molecule has 74 valence electrons. The van der Waals surface area contributed by atoms with E-state index >= 15 is 0 Å².